The van der Waals surface area contributed by atoms with Crippen LogP contribution >= 0.6 is 0 Å². The van der Waals surface area contributed by atoms with Crippen LogP contribution in [-0.4, -0.2) is 31.9 Å². The number of rotatable bonds is 4. The summed E-state index contributed by atoms with van der Waals surface area (Å²) in [6.07, 6.45) is 0.829. The maximum absolute atomic E-state index is 11.9. The van der Waals surface area contributed by atoms with Gasteiger partial charge in [-0.1, -0.05) is 38.1 Å². The van der Waals surface area contributed by atoms with E-state index in [0.717, 1.165) is 5.56 Å². The molecule has 1 amide bonds. The predicted molar refractivity (Wildman–Crippen MR) is 79.4 cm³/mol. The predicted octanol–water partition coefficient (Wildman–Crippen LogP) is 1.66. The van der Waals surface area contributed by atoms with Crippen LogP contribution < -0.4 is 5.32 Å². The van der Waals surface area contributed by atoms with E-state index in [1.807, 2.05) is 24.3 Å². The number of carbonyl (C=O) groups excluding carboxylic acids is 1. The summed E-state index contributed by atoms with van der Waals surface area (Å²) in [7, 11) is -2.94. The molecule has 0 spiro atoms. The van der Waals surface area contributed by atoms with Crippen molar-refractivity contribution in [2.75, 3.05) is 11.5 Å². The van der Waals surface area contributed by atoms with Crippen LogP contribution in [-0.2, 0) is 21.1 Å². The van der Waals surface area contributed by atoms with Gasteiger partial charge in [0.2, 0.25) is 5.91 Å². The largest absolute Gasteiger partial charge is 0.352 e. The van der Waals surface area contributed by atoms with Crippen molar-refractivity contribution >= 4 is 15.7 Å². The first-order chi connectivity index (χ1) is 9.35. The van der Waals surface area contributed by atoms with Gasteiger partial charge in [-0.15, -0.1) is 0 Å². The van der Waals surface area contributed by atoms with Crippen LogP contribution in [0, 0.1) is 0 Å². The molecule has 20 heavy (non-hydrogen) atoms. The second-order valence-electron chi connectivity index (χ2n) is 5.74. The summed E-state index contributed by atoms with van der Waals surface area (Å²) in [6, 6.07) is 7.77. The molecule has 1 heterocycles. The topological polar surface area (TPSA) is 63.2 Å². The van der Waals surface area contributed by atoms with Crippen LogP contribution in [0.15, 0.2) is 24.3 Å². The first kappa shape index (κ1) is 15.0. The zero-order chi connectivity index (χ0) is 14.8. The van der Waals surface area contributed by atoms with Crippen molar-refractivity contribution in [2.24, 2.45) is 0 Å². The molecule has 1 unspecified atom stereocenters. The Bertz CT molecular complexity index is 576. The average Bonchev–Trinajstić information content (AvgIpc) is 2.69. The van der Waals surface area contributed by atoms with Gasteiger partial charge in [-0.3, -0.25) is 4.79 Å². The highest BCUT2D eigenvalue weighted by Crippen LogP contribution is 2.15. The van der Waals surface area contributed by atoms with Crippen LogP contribution in [0.5, 0.6) is 0 Å². The molecule has 1 saturated heterocycles. The third kappa shape index (κ3) is 4.07. The van der Waals surface area contributed by atoms with Crippen molar-refractivity contribution < 1.29 is 13.2 Å². The third-order valence-corrected chi connectivity index (χ3v) is 5.38. The molecule has 1 aliphatic heterocycles. The van der Waals surface area contributed by atoms with E-state index in [-0.39, 0.29) is 23.5 Å². The van der Waals surface area contributed by atoms with Crippen LogP contribution in [0.2, 0.25) is 0 Å². The molecule has 0 aromatic heterocycles. The van der Waals surface area contributed by atoms with Gasteiger partial charge >= 0.3 is 0 Å². The van der Waals surface area contributed by atoms with Crippen molar-refractivity contribution in [1.29, 1.82) is 0 Å². The highest BCUT2D eigenvalue weighted by atomic mass is 32.2. The molecule has 1 aromatic rings. The van der Waals surface area contributed by atoms with E-state index in [1.54, 1.807) is 0 Å². The van der Waals surface area contributed by atoms with Gasteiger partial charge in [0, 0.05) is 6.04 Å². The number of hydrogen-bond acceptors (Lipinski definition) is 3. The highest BCUT2D eigenvalue weighted by Gasteiger charge is 2.28. The third-order valence-electron chi connectivity index (χ3n) is 3.61. The SMILES string of the molecule is CC(C)c1ccc(CC(=O)NC2CCS(=O)(=O)C2)cc1. The Hall–Kier alpha value is -1.36. The number of benzene rings is 1. The van der Waals surface area contributed by atoms with E-state index in [2.05, 4.69) is 19.2 Å². The number of carbonyl (C=O) groups is 1. The summed E-state index contributed by atoms with van der Waals surface area (Å²) in [5.41, 5.74) is 2.20. The van der Waals surface area contributed by atoms with Gasteiger partial charge in [0.1, 0.15) is 0 Å². The van der Waals surface area contributed by atoms with Gasteiger partial charge in [-0.05, 0) is 23.5 Å². The summed E-state index contributed by atoms with van der Waals surface area (Å²) in [5, 5.41) is 2.80. The van der Waals surface area contributed by atoms with Crippen LogP contribution in [0.25, 0.3) is 0 Å². The monoisotopic (exact) mass is 295 g/mol. The van der Waals surface area contributed by atoms with Crippen molar-refractivity contribution in [3.8, 4) is 0 Å². The number of amides is 1. The van der Waals surface area contributed by atoms with E-state index < -0.39 is 9.84 Å². The molecule has 4 nitrogen and oxygen atoms in total. The minimum atomic E-state index is -2.94. The minimum Gasteiger partial charge on any atom is -0.352 e. The Morgan fingerprint density at radius 2 is 1.95 bits per heavy atom. The smallest absolute Gasteiger partial charge is 0.224 e. The molecule has 1 aliphatic rings. The fourth-order valence-corrected chi connectivity index (χ4v) is 4.07. The van der Waals surface area contributed by atoms with E-state index in [4.69, 9.17) is 0 Å². The lowest BCUT2D eigenvalue weighted by molar-refractivity contribution is -0.120. The van der Waals surface area contributed by atoms with Crippen molar-refractivity contribution in [3.05, 3.63) is 35.4 Å². The Morgan fingerprint density at radius 1 is 1.30 bits per heavy atom. The zero-order valence-electron chi connectivity index (χ0n) is 11.9. The highest BCUT2D eigenvalue weighted by molar-refractivity contribution is 7.91. The molecule has 1 fully saturated rings. The second kappa shape index (κ2) is 5.95. The molecule has 110 valence electrons. The molecular weight excluding hydrogens is 274 g/mol. The lowest BCUT2D eigenvalue weighted by Crippen LogP contribution is -2.36. The van der Waals surface area contributed by atoms with Gasteiger partial charge in [0.05, 0.1) is 17.9 Å². The average molecular weight is 295 g/mol. The van der Waals surface area contributed by atoms with Gasteiger partial charge in [-0.25, -0.2) is 8.42 Å². The number of hydrogen-bond donors (Lipinski definition) is 1. The maximum Gasteiger partial charge on any atom is 0.224 e. The molecular formula is C15H21NO3S. The molecule has 2 rings (SSSR count). The lowest BCUT2D eigenvalue weighted by Gasteiger charge is -2.11. The summed E-state index contributed by atoms with van der Waals surface area (Å²) in [4.78, 5) is 11.9. The van der Waals surface area contributed by atoms with Crippen LogP contribution in [0.4, 0.5) is 0 Å². The van der Waals surface area contributed by atoms with Gasteiger partial charge in [0.25, 0.3) is 0 Å². The summed E-state index contributed by atoms with van der Waals surface area (Å²) in [5.74, 6) is 0.623. The van der Waals surface area contributed by atoms with Crippen LogP contribution in [0.1, 0.15) is 37.3 Å². The molecule has 1 N–H and O–H groups in total. The number of nitrogens with one attached hydrogen (secondary N) is 1. The van der Waals surface area contributed by atoms with Crippen molar-refractivity contribution in [3.63, 3.8) is 0 Å². The standard InChI is InChI=1S/C15H21NO3S/c1-11(2)13-5-3-12(4-6-13)9-15(17)16-14-7-8-20(18,19)10-14/h3-6,11,14H,7-10H2,1-2H3,(H,16,17). The maximum atomic E-state index is 11.9. The van der Waals surface area contributed by atoms with E-state index >= 15 is 0 Å². The lowest BCUT2D eigenvalue weighted by atomic mass is 10.0. The first-order valence-corrected chi connectivity index (χ1v) is 8.76. The number of sulfone groups is 1. The van der Waals surface area contributed by atoms with E-state index in [9.17, 15) is 13.2 Å². The quantitative estimate of drug-likeness (QED) is 0.919. The fourth-order valence-electron chi connectivity index (χ4n) is 2.39. The first-order valence-electron chi connectivity index (χ1n) is 6.94. The van der Waals surface area contributed by atoms with E-state index in [1.165, 1.54) is 5.56 Å². The Morgan fingerprint density at radius 3 is 2.45 bits per heavy atom. The molecule has 0 bridgehead atoms. The molecule has 0 radical (unpaired) electrons. The molecule has 1 atom stereocenters. The Labute approximate surface area is 120 Å². The van der Waals surface area contributed by atoms with Gasteiger partial charge in [-0.2, -0.15) is 0 Å². The second-order valence-corrected chi connectivity index (χ2v) is 7.97. The van der Waals surface area contributed by atoms with Crippen molar-refractivity contribution in [1.82, 2.24) is 5.32 Å². The summed E-state index contributed by atoms with van der Waals surface area (Å²) in [6.45, 7) is 4.25. The van der Waals surface area contributed by atoms with E-state index in [0.29, 0.717) is 18.8 Å². The Balaban J connectivity index is 1.88. The summed E-state index contributed by atoms with van der Waals surface area (Å²) < 4.78 is 22.7. The zero-order valence-corrected chi connectivity index (χ0v) is 12.7. The van der Waals surface area contributed by atoms with Gasteiger partial charge < -0.3 is 5.32 Å². The Kier molecular flexibility index (Phi) is 4.48. The van der Waals surface area contributed by atoms with Gasteiger partial charge in [0.15, 0.2) is 9.84 Å². The molecule has 5 heteroatoms. The molecule has 1 aromatic carbocycles. The minimum absolute atomic E-state index is 0.0744. The normalized spacial score (nSPS) is 21.1. The fraction of sp³-hybridized carbons (Fsp3) is 0.533. The summed E-state index contributed by atoms with van der Waals surface area (Å²) >= 11 is 0. The van der Waals surface area contributed by atoms with Crippen LogP contribution in [0.3, 0.4) is 0 Å². The molecule has 0 saturated carbocycles. The van der Waals surface area contributed by atoms with Crippen molar-refractivity contribution in [2.45, 2.75) is 38.6 Å². The molecule has 0 aliphatic carbocycles.